The first-order chi connectivity index (χ1) is 13.1. The van der Waals surface area contributed by atoms with Gasteiger partial charge in [0.25, 0.3) is 5.91 Å². The lowest BCUT2D eigenvalue weighted by Crippen LogP contribution is -2.29. The van der Waals surface area contributed by atoms with Gasteiger partial charge in [0.2, 0.25) is 11.2 Å². The smallest absolute Gasteiger partial charge is 0.262 e. The van der Waals surface area contributed by atoms with Gasteiger partial charge in [-0.1, -0.05) is 12.5 Å². The van der Waals surface area contributed by atoms with E-state index < -0.39 is 0 Å². The molecule has 27 heavy (non-hydrogen) atoms. The minimum Gasteiger partial charge on any atom is -0.477 e. The summed E-state index contributed by atoms with van der Waals surface area (Å²) in [4.78, 5) is 27.6. The highest BCUT2D eigenvalue weighted by atomic mass is 32.2. The molecule has 144 valence electrons. The van der Waals surface area contributed by atoms with E-state index in [1.807, 2.05) is 24.5 Å². The maximum Gasteiger partial charge on any atom is 0.262 e. The van der Waals surface area contributed by atoms with Crippen LogP contribution in [0.5, 0.6) is 5.75 Å². The van der Waals surface area contributed by atoms with Crippen LogP contribution < -0.4 is 15.5 Å². The molecule has 6 nitrogen and oxygen atoms in total. The molecule has 0 unspecified atom stereocenters. The predicted molar refractivity (Wildman–Crippen MR) is 106 cm³/mol. The molecule has 1 aliphatic rings. The maximum absolute atomic E-state index is 12.2. The quantitative estimate of drug-likeness (QED) is 0.734. The number of likely N-dealkylation sites (tertiary alicyclic amines) is 1. The summed E-state index contributed by atoms with van der Waals surface area (Å²) in [6.45, 7) is 2.43. The second kappa shape index (κ2) is 9.62. The molecule has 0 atom stereocenters. The van der Waals surface area contributed by atoms with Crippen molar-refractivity contribution in [1.29, 1.82) is 0 Å². The number of hydrogen-bond donors (Lipinski definition) is 1. The molecule has 2 aromatic rings. The van der Waals surface area contributed by atoms with E-state index in [1.165, 1.54) is 31.6 Å². The van der Waals surface area contributed by atoms with Gasteiger partial charge in [0, 0.05) is 16.6 Å². The predicted octanol–water partition coefficient (Wildman–Crippen LogP) is 3.37. The van der Waals surface area contributed by atoms with Crippen molar-refractivity contribution >= 4 is 23.4 Å². The van der Waals surface area contributed by atoms with Gasteiger partial charge in [-0.2, -0.15) is 0 Å². The number of carbonyl (C=O) groups is 1. The summed E-state index contributed by atoms with van der Waals surface area (Å²) in [5.74, 6) is 0.336. The van der Waals surface area contributed by atoms with Gasteiger partial charge in [-0.25, -0.2) is 0 Å². The Morgan fingerprint density at radius 1 is 1.26 bits per heavy atom. The first-order valence-corrected chi connectivity index (χ1v) is 10.3. The van der Waals surface area contributed by atoms with Crippen LogP contribution in [-0.2, 0) is 11.3 Å². The molecule has 1 saturated heterocycles. The Labute approximate surface area is 162 Å². The molecular weight excluding hydrogens is 364 g/mol. The molecule has 2 heterocycles. The zero-order valence-electron chi connectivity index (χ0n) is 15.4. The molecule has 1 amide bonds. The van der Waals surface area contributed by atoms with Crippen LogP contribution in [-0.4, -0.2) is 36.8 Å². The highest BCUT2D eigenvalue weighted by Crippen LogP contribution is 2.19. The molecule has 7 heteroatoms. The normalized spacial score (nSPS) is 14.7. The van der Waals surface area contributed by atoms with Crippen molar-refractivity contribution in [3.05, 3.63) is 52.6 Å². The molecule has 1 aromatic carbocycles. The molecule has 1 N–H and O–H groups in total. The van der Waals surface area contributed by atoms with Crippen molar-refractivity contribution in [2.75, 3.05) is 31.3 Å². The van der Waals surface area contributed by atoms with Crippen molar-refractivity contribution in [2.45, 2.75) is 30.7 Å². The number of carbonyl (C=O) groups excluding carboxylic acids is 1. The third-order valence-electron chi connectivity index (χ3n) is 4.39. The van der Waals surface area contributed by atoms with E-state index in [4.69, 9.17) is 9.15 Å². The molecule has 3 rings (SSSR count). The van der Waals surface area contributed by atoms with E-state index >= 15 is 0 Å². The molecule has 1 aromatic heterocycles. The molecule has 1 fully saturated rings. The molecule has 0 spiro atoms. The summed E-state index contributed by atoms with van der Waals surface area (Å²) in [6.07, 6.45) is 6.89. The van der Waals surface area contributed by atoms with Gasteiger partial charge in [0.15, 0.2) is 6.61 Å². The van der Waals surface area contributed by atoms with Crippen LogP contribution in [0.25, 0.3) is 0 Å². The molecule has 0 radical (unpaired) electrons. The minimum atomic E-state index is -0.329. The van der Waals surface area contributed by atoms with E-state index in [9.17, 15) is 9.59 Å². The number of hydrogen-bond acceptors (Lipinski definition) is 6. The number of nitrogens with zero attached hydrogens (tertiary/aromatic N) is 1. The maximum atomic E-state index is 12.2. The van der Waals surface area contributed by atoms with Gasteiger partial charge in [-0.15, -0.1) is 11.8 Å². The Morgan fingerprint density at radius 2 is 2.07 bits per heavy atom. The topological polar surface area (TPSA) is 71.8 Å². The van der Waals surface area contributed by atoms with Crippen molar-refractivity contribution in [3.8, 4) is 5.75 Å². The van der Waals surface area contributed by atoms with Gasteiger partial charge >= 0.3 is 0 Å². The van der Waals surface area contributed by atoms with E-state index in [2.05, 4.69) is 10.2 Å². The van der Waals surface area contributed by atoms with Crippen LogP contribution in [0.1, 0.15) is 25.0 Å². The lowest BCUT2D eigenvalue weighted by Gasteiger charge is -2.25. The fourth-order valence-corrected chi connectivity index (χ4v) is 3.47. The summed E-state index contributed by atoms with van der Waals surface area (Å²) in [5.41, 5.74) is 0.421. The van der Waals surface area contributed by atoms with Crippen LogP contribution in [0.2, 0.25) is 0 Å². The number of nitrogens with one attached hydrogen (secondary N) is 1. The molecule has 1 aliphatic heterocycles. The second-order valence-electron chi connectivity index (χ2n) is 6.48. The van der Waals surface area contributed by atoms with E-state index in [0.717, 1.165) is 18.0 Å². The average Bonchev–Trinajstić information content (AvgIpc) is 2.68. The summed E-state index contributed by atoms with van der Waals surface area (Å²) in [5, 5.41) is 2.76. The first-order valence-electron chi connectivity index (χ1n) is 9.05. The SMILES string of the molecule is CSc1cccc(NC(=O)COc2coc(CN3CCCCC3)cc2=O)c1. The number of piperidine rings is 1. The Hall–Kier alpha value is -2.25. The minimum absolute atomic E-state index is 0.0467. The number of amides is 1. The zero-order valence-corrected chi connectivity index (χ0v) is 16.2. The number of ether oxygens (including phenoxy) is 1. The lowest BCUT2D eigenvalue weighted by molar-refractivity contribution is -0.118. The van der Waals surface area contributed by atoms with Crippen LogP contribution in [0.4, 0.5) is 5.69 Å². The third kappa shape index (κ3) is 5.87. The Kier molecular flexibility index (Phi) is 6.95. The number of thioether (sulfide) groups is 1. The fraction of sp³-hybridized carbons (Fsp3) is 0.400. The Bertz CT molecular complexity index is 831. The van der Waals surface area contributed by atoms with Gasteiger partial charge in [0.1, 0.15) is 12.0 Å². The van der Waals surface area contributed by atoms with Crippen LogP contribution in [0.3, 0.4) is 0 Å². The second-order valence-corrected chi connectivity index (χ2v) is 7.36. The third-order valence-corrected chi connectivity index (χ3v) is 5.12. The molecular formula is C20H24N2O4S. The zero-order chi connectivity index (χ0) is 19.1. The van der Waals surface area contributed by atoms with Gasteiger partial charge in [0.05, 0.1) is 6.54 Å². The van der Waals surface area contributed by atoms with E-state index in [0.29, 0.717) is 18.0 Å². The monoisotopic (exact) mass is 388 g/mol. The Morgan fingerprint density at radius 3 is 2.81 bits per heavy atom. The van der Waals surface area contributed by atoms with Crippen molar-refractivity contribution in [2.24, 2.45) is 0 Å². The van der Waals surface area contributed by atoms with Crippen LogP contribution in [0.15, 0.2) is 50.7 Å². The van der Waals surface area contributed by atoms with Gasteiger partial charge < -0.3 is 14.5 Å². The van der Waals surface area contributed by atoms with Crippen molar-refractivity contribution < 1.29 is 13.9 Å². The number of benzene rings is 1. The summed E-state index contributed by atoms with van der Waals surface area (Å²) < 4.78 is 10.9. The van der Waals surface area contributed by atoms with Gasteiger partial charge in [-0.3, -0.25) is 14.5 Å². The average molecular weight is 388 g/mol. The van der Waals surface area contributed by atoms with E-state index in [1.54, 1.807) is 17.8 Å². The first kappa shape index (κ1) is 19.5. The number of rotatable bonds is 7. The summed E-state index contributed by atoms with van der Waals surface area (Å²) in [7, 11) is 0. The molecule has 0 aliphatic carbocycles. The van der Waals surface area contributed by atoms with Gasteiger partial charge in [-0.05, 0) is 50.4 Å². The summed E-state index contributed by atoms with van der Waals surface area (Å²) >= 11 is 1.60. The fourth-order valence-electron chi connectivity index (χ4n) is 3.01. The highest BCUT2D eigenvalue weighted by Gasteiger charge is 2.13. The van der Waals surface area contributed by atoms with E-state index in [-0.39, 0.29) is 23.7 Å². The largest absolute Gasteiger partial charge is 0.477 e. The van der Waals surface area contributed by atoms with Crippen LogP contribution >= 0.6 is 11.8 Å². The molecule has 0 bridgehead atoms. The highest BCUT2D eigenvalue weighted by molar-refractivity contribution is 7.98. The summed E-state index contributed by atoms with van der Waals surface area (Å²) in [6, 6.07) is 8.98. The molecule has 0 saturated carbocycles. The van der Waals surface area contributed by atoms with Crippen LogP contribution in [0, 0.1) is 0 Å². The number of anilines is 1. The Balaban J connectivity index is 1.52. The van der Waals surface area contributed by atoms with Crippen molar-refractivity contribution in [1.82, 2.24) is 4.90 Å². The lowest BCUT2D eigenvalue weighted by atomic mass is 10.1. The van der Waals surface area contributed by atoms with Crippen molar-refractivity contribution in [3.63, 3.8) is 0 Å². The standard InChI is InChI=1S/C20H24N2O4S/c1-27-17-7-5-6-15(10-17)21-20(24)14-26-19-13-25-16(11-18(19)23)12-22-8-3-2-4-9-22/h5-7,10-11,13H,2-4,8-9,12,14H2,1H3,(H,21,24).